The summed E-state index contributed by atoms with van der Waals surface area (Å²) in [5.74, 6) is 0.0275. The van der Waals surface area contributed by atoms with Gasteiger partial charge in [0.2, 0.25) is 0 Å². The molecule has 1 aromatic rings. The average Bonchev–Trinajstić information content (AvgIpc) is 2.27. The molecule has 0 saturated carbocycles. The smallest absolute Gasteiger partial charge is 0.106 e. The Morgan fingerprint density at radius 1 is 1.36 bits per heavy atom. The lowest BCUT2D eigenvalue weighted by Crippen LogP contribution is -2.19. The summed E-state index contributed by atoms with van der Waals surface area (Å²) in [4.78, 5) is 0. The van der Waals surface area contributed by atoms with Crippen molar-refractivity contribution < 1.29 is 10.2 Å². The van der Waals surface area contributed by atoms with Crippen LogP contribution in [0.15, 0.2) is 24.3 Å². The highest BCUT2D eigenvalue weighted by Gasteiger charge is 2.16. The van der Waals surface area contributed by atoms with Gasteiger partial charge in [-0.3, -0.25) is 0 Å². The second-order valence-electron chi connectivity index (χ2n) is 3.05. The molecule has 0 radical (unpaired) electrons. The Morgan fingerprint density at radius 3 is 2.64 bits per heavy atom. The van der Waals surface area contributed by atoms with Gasteiger partial charge in [-0.1, -0.05) is 40.2 Å². The molecular formula is C10H12BrClO2. The molecule has 1 aromatic carbocycles. The van der Waals surface area contributed by atoms with Crippen LogP contribution in [-0.2, 0) is 5.33 Å². The van der Waals surface area contributed by atoms with Crippen LogP contribution in [0.25, 0.3) is 0 Å². The van der Waals surface area contributed by atoms with Gasteiger partial charge in [0, 0.05) is 5.33 Å². The summed E-state index contributed by atoms with van der Waals surface area (Å²) in [5.41, 5.74) is 1.75. The first-order valence-electron chi connectivity index (χ1n) is 4.26. The number of aliphatic hydroxyl groups excluding tert-OH is 2. The Bertz CT molecular complexity index is 293. The number of hydrogen-bond acceptors (Lipinski definition) is 2. The number of halogens is 2. The van der Waals surface area contributed by atoms with Crippen molar-refractivity contribution in [1.29, 1.82) is 0 Å². The molecule has 0 aliphatic carbocycles. The van der Waals surface area contributed by atoms with Crippen molar-refractivity contribution in [3.05, 3.63) is 35.4 Å². The first kappa shape index (κ1) is 12.0. The number of rotatable bonds is 4. The van der Waals surface area contributed by atoms with Gasteiger partial charge in [0.15, 0.2) is 0 Å². The number of aliphatic hydroxyl groups is 2. The number of benzene rings is 1. The van der Waals surface area contributed by atoms with Crippen molar-refractivity contribution in [2.24, 2.45) is 0 Å². The van der Waals surface area contributed by atoms with Gasteiger partial charge in [0.1, 0.15) is 6.10 Å². The lowest BCUT2D eigenvalue weighted by molar-refractivity contribution is 0.0327. The van der Waals surface area contributed by atoms with Crippen LogP contribution in [0.3, 0.4) is 0 Å². The van der Waals surface area contributed by atoms with Crippen molar-refractivity contribution in [2.45, 2.75) is 17.5 Å². The molecule has 2 atom stereocenters. The highest BCUT2D eigenvalue weighted by Crippen LogP contribution is 2.19. The number of hydrogen-bond donors (Lipinski definition) is 2. The van der Waals surface area contributed by atoms with Crippen molar-refractivity contribution in [3.63, 3.8) is 0 Å². The summed E-state index contributed by atoms with van der Waals surface area (Å²) < 4.78 is 0. The lowest BCUT2D eigenvalue weighted by atomic mass is 10.0. The lowest BCUT2D eigenvalue weighted by Gasteiger charge is -2.16. The maximum Gasteiger partial charge on any atom is 0.106 e. The quantitative estimate of drug-likeness (QED) is 0.830. The molecule has 0 saturated heterocycles. The summed E-state index contributed by atoms with van der Waals surface area (Å²) in [7, 11) is 0. The Morgan fingerprint density at radius 2 is 2.07 bits per heavy atom. The van der Waals surface area contributed by atoms with E-state index in [1.807, 2.05) is 18.2 Å². The van der Waals surface area contributed by atoms with E-state index in [0.717, 1.165) is 10.9 Å². The predicted octanol–water partition coefficient (Wildman–Crippen LogP) is 2.21. The second-order valence-corrected chi connectivity index (χ2v) is 3.91. The zero-order valence-corrected chi connectivity index (χ0v) is 9.87. The van der Waals surface area contributed by atoms with Crippen LogP contribution in [-0.4, -0.2) is 22.2 Å². The monoisotopic (exact) mass is 278 g/mol. The van der Waals surface area contributed by atoms with Crippen LogP contribution in [0.2, 0.25) is 0 Å². The molecule has 14 heavy (non-hydrogen) atoms. The van der Waals surface area contributed by atoms with E-state index in [0.29, 0.717) is 5.56 Å². The molecule has 0 bridgehead atoms. The topological polar surface area (TPSA) is 40.5 Å². The van der Waals surface area contributed by atoms with E-state index < -0.39 is 12.2 Å². The van der Waals surface area contributed by atoms with Crippen molar-refractivity contribution in [2.75, 3.05) is 5.88 Å². The maximum absolute atomic E-state index is 9.66. The predicted molar refractivity (Wildman–Crippen MR) is 60.8 cm³/mol. The van der Waals surface area contributed by atoms with E-state index in [-0.39, 0.29) is 5.88 Å². The third-order valence-electron chi connectivity index (χ3n) is 1.97. The molecule has 0 fully saturated rings. The zero-order valence-electron chi connectivity index (χ0n) is 7.53. The molecular weight excluding hydrogens is 267 g/mol. The van der Waals surface area contributed by atoms with Crippen LogP contribution in [0.5, 0.6) is 0 Å². The van der Waals surface area contributed by atoms with Gasteiger partial charge < -0.3 is 10.2 Å². The van der Waals surface area contributed by atoms with E-state index in [4.69, 9.17) is 11.6 Å². The van der Waals surface area contributed by atoms with Crippen LogP contribution < -0.4 is 0 Å². The summed E-state index contributed by atoms with van der Waals surface area (Å²) >= 11 is 8.78. The minimum atomic E-state index is -0.915. The fourth-order valence-corrected chi connectivity index (χ4v) is 1.68. The first-order valence-corrected chi connectivity index (χ1v) is 5.91. The third kappa shape index (κ3) is 2.95. The van der Waals surface area contributed by atoms with Gasteiger partial charge in [0.25, 0.3) is 0 Å². The van der Waals surface area contributed by atoms with Gasteiger partial charge in [-0.15, -0.1) is 11.6 Å². The Kier molecular flexibility index (Phi) is 4.89. The van der Waals surface area contributed by atoms with Gasteiger partial charge in [0.05, 0.1) is 12.0 Å². The van der Waals surface area contributed by atoms with E-state index in [2.05, 4.69) is 15.9 Å². The van der Waals surface area contributed by atoms with Crippen molar-refractivity contribution >= 4 is 27.5 Å². The van der Waals surface area contributed by atoms with Crippen LogP contribution in [0.1, 0.15) is 17.2 Å². The summed E-state index contributed by atoms with van der Waals surface area (Å²) in [6.07, 6.45) is -1.83. The molecule has 2 nitrogen and oxygen atoms in total. The van der Waals surface area contributed by atoms with Gasteiger partial charge in [-0.2, -0.15) is 0 Å². The molecule has 0 aliphatic rings. The molecule has 0 aliphatic heterocycles. The average molecular weight is 280 g/mol. The molecule has 0 heterocycles. The fraction of sp³-hybridized carbons (Fsp3) is 0.400. The SMILES string of the molecule is OC(CCl)C(O)c1cccc(CBr)c1. The molecule has 78 valence electrons. The Hall–Kier alpha value is -0.0900. The molecule has 0 spiro atoms. The van der Waals surface area contributed by atoms with Crippen molar-refractivity contribution in [1.82, 2.24) is 0 Å². The maximum atomic E-state index is 9.66. The van der Waals surface area contributed by atoms with Gasteiger partial charge in [-0.05, 0) is 11.1 Å². The summed E-state index contributed by atoms with van der Waals surface area (Å²) in [6.45, 7) is 0. The summed E-state index contributed by atoms with van der Waals surface area (Å²) in [5, 5.41) is 19.7. The highest BCUT2D eigenvalue weighted by atomic mass is 79.9. The zero-order chi connectivity index (χ0) is 10.6. The van der Waals surface area contributed by atoms with Crippen LogP contribution in [0, 0.1) is 0 Å². The van der Waals surface area contributed by atoms with Crippen LogP contribution >= 0.6 is 27.5 Å². The van der Waals surface area contributed by atoms with Gasteiger partial charge in [-0.25, -0.2) is 0 Å². The highest BCUT2D eigenvalue weighted by molar-refractivity contribution is 9.08. The largest absolute Gasteiger partial charge is 0.389 e. The van der Waals surface area contributed by atoms with Crippen molar-refractivity contribution in [3.8, 4) is 0 Å². The molecule has 0 amide bonds. The Labute approximate surface area is 96.7 Å². The fourth-order valence-electron chi connectivity index (χ4n) is 1.17. The molecule has 2 unspecified atom stereocenters. The van der Waals surface area contributed by atoms with E-state index >= 15 is 0 Å². The Balaban J connectivity index is 2.83. The summed E-state index contributed by atoms with van der Waals surface area (Å²) in [6, 6.07) is 7.40. The number of alkyl halides is 2. The van der Waals surface area contributed by atoms with E-state index in [1.165, 1.54) is 0 Å². The third-order valence-corrected chi connectivity index (χ3v) is 2.93. The second kappa shape index (κ2) is 5.71. The molecule has 0 aromatic heterocycles. The normalized spacial score (nSPS) is 15.1. The minimum absolute atomic E-state index is 0.0275. The van der Waals surface area contributed by atoms with E-state index in [9.17, 15) is 10.2 Å². The molecule has 4 heteroatoms. The van der Waals surface area contributed by atoms with Gasteiger partial charge >= 0.3 is 0 Å². The molecule has 2 N–H and O–H groups in total. The standard InChI is InChI=1S/C10H12BrClO2/c11-5-7-2-1-3-8(4-7)10(14)9(13)6-12/h1-4,9-10,13-14H,5-6H2. The minimum Gasteiger partial charge on any atom is -0.389 e. The van der Waals surface area contributed by atoms with Crippen LogP contribution in [0.4, 0.5) is 0 Å². The molecule has 1 rings (SSSR count). The van der Waals surface area contributed by atoms with E-state index in [1.54, 1.807) is 6.07 Å². The first-order chi connectivity index (χ1) is 6.69.